The standard InChI is InChI=1S/C16H30N2O/c1-13-7-6-10-17-15(13)11-16(19)18(2)12-14-8-4-3-5-9-14/h13-15,17H,3-12H2,1-2H3. The van der Waals surface area contributed by atoms with Gasteiger partial charge in [-0.3, -0.25) is 4.79 Å². The van der Waals surface area contributed by atoms with Crippen molar-refractivity contribution in [3.05, 3.63) is 0 Å². The van der Waals surface area contributed by atoms with Crippen LogP contribution < -0.4 is 5.32 Å². The van der Waals surface area contributed by atoms with Gasteiger partial charge in [0.05, 0.1) is 0 Å². The summed E-state index contributed by atoms with van der Waals surface area (Å²) >= 11 is 0. The zero-order valence-electron chi connectivity index (χ0n) is 12.7. The zero-order chi connectivity index (χ0) is 13.7. The highest BCUT2D eigenvalue weighted by Crippen LogP contribution is 2.25. The summed E-state index contributed by atoms with van der Waals surface area (Å²) in [5.74, 6) is 1.72. The predicted octanol–water partition coefficient (Wildman–Crippen LogP) is 2.80. The second-order valence-corrected chi connectivity index (χ2v) is 6.66. The third-order valence-electron chi connectivity index (χ3n) is 5.01. The number of amides is 1. The minimum atomic E-state index is 0.330. The van der Waals surface area contributed by atoms with Crippen molar-refractivity contribution in [2.45, 2.75) is 64.3 Å². The van der Waals surface area contributed by atoms with E-state index in [0.717, 1.165) is 19.0 Å². The molecule has 19 heavy (non-hydrogen) atoms. The first-order valence-corrected chi connectivity index (χ1v) is 8.14. The van der Waals surface area contributed by atoms with Gasteiger partial charge in [0.2, 0.25) is 5.91 Å². The average Bonchev–Trinajstić information content (AvgIpc) is 2.42. The molecule has 0 aromatic rings. The summed E-state index contributed by atoms with van der Waals surface area (Å²) in [6, 6.07) is 0.398. The van der Waals surface area contributed by atoms with Crippen LogP contribution in [-0.2, 0) is 4.79 Å². The third kappa shape index (κ3) is 4.48. The van der Waals surface area contributed by atoms with Gasteiger partial charge in [-0.05, 0) is 44.1 Å². The van der Waals surface area contributed by atoms with E-state index >= 15 is 0 Å². The van der Waals surface area contributed by atoms with Gasteiger partial charge in [-0.25, -0.2) is 0 Å². The van der Waals surface area contributed by atoms with Crippen LogP contribution in [0.4, 0.5) is 0 Å². The first-order chi connectivity index (χ1) is 9.16. The second kappa shape index (κ2) is 7.28. The first-order valence-electron chi connectivity index (χ1n) is 8.14. The monoisotopic (exact) mass is 266 g/mol. The molecule has 0 radical (unpaired) electrons. The van der Waals surface area contributed by atoms with Crippen LogP contribution >= 0.6 is 0 Å². The highest BCUT2D eigenvalue weighted by molar-refractivity contribution is 5.76. The molecule has 2 atom stereocenters. The Morgan fingerprint density at radius 1 is 1.16 bits per heavy atom. The quantitative estimate of drug-likeness (QED) is 0.848. The van der Waals surface area contributed by atoms with E-state index in [1.165, 1.54) is 44.9 Å². The van der Waals surface area contributed by atoms with Crippen molar-refractivity contribution in [3.8, 4) is 0 Å². The summed E-state index contributed by atoms with van der Waals surface area (Å²) in [6.07, 6.45) is 9.93. The zero-order valence-corrected chi connectivity index (χ0v) is 12.7. The molecule has 1 heterocycles. The van der Waals surface area contributed by atoms with E-state index in [2.05, 4.69) is 12.2 Å². The Bertz CT molecular complexity index is 286. The maximum Gasteiger partial charge on any atom is 0.223 e. The lowest BCUT2D eigenvalue weighted by atomic mass is 9.88. The summed E-state index contributed by atoms with van der Waals surface area (Å²) in [7, 11) is 1.99. The Hall–Kier alpha value is -0.570. The van der Waals surface area contributed by atoms with Crippen LogP contribution in [-0.4, -0.2) is 37.0 Å². The summed E-state index contributed by atoms with van der Waals surface area (Å²) in [4.78, 5) is 14.3. The maximum absolute atomic E-state index is 12.3. The number of piperidine rings is 1. The van der Waals surface area contributed by atoms with Crippen LogP contribution in [0, 0.1) is 11.8 Å². The second-order valence-electron chi connectivity index (χ2n) is 6.66. The Kier molecular flexibility index (Phi) is 5.68. The fourth-order valence-corrected chi connectivity index (χ4v) is 3.59. The van der Waals surface area contributed by atoms with Gasteiger partial charge in [0.15, 0.2) is 0 Å². The van der Waals surface area contributed by atoms with Gasteiger partial charge in [-0.2, -0.15) is 0 Å². The number of nitrogens with one attached hydrogen (secondary N) is 1. The third-order valence-corrected chi connectivity index (χ3v) is 5.01. The lowest BCUT2D eigenvalue weighted by Gasteiger charge is -2.32. The lowest BCUT2D eigenvalue weighted by molar-refractivity contribution is -0.131. The Morgan fingerprint density at radius 2 is 1.89 bits per heavy atom. The van der Waals surface area contributed by atoms with Gasteiger partial charge < -0.3 is 10.2 Å². The molecule has 1 aliphatic heterocycles. The van der Waals surface area contributed by atoms with E-state index in [-0.39, 0.29) is 0 Å². The highest BCUT2D eigenvalue weighted by Gasteiger charge is 2.25. The average molecular weight is 266 g/mol. The fraction of sp³-hybridized carbons (Fsp3) is 0.938. The van der Waals surface area contributed by atoms with Gasteiger partial charge in [0.25, 0.3) is 0 Å². The molecular weight excluding hydrogens is 236 g/mol. The predicted molar refractivity (Wildman–Crippen MR) is 79.0 cm³/mol. The molecule has 0 bridgehead atoms. The number of rotatable bonds is 4. The number of carbonyl (C=O) groups is 1. The summed E-state index contributed by atoms with van der Waals surface area (Å²) in [5.41, 5.74) is 0. The summed E-state index contributed by atoms with van der Waals surface area (Å²) in [6.45, 7) is 4.32. The van der Waals surface area contributed by atoms with Gasteiger partial charge in [-0.1, -0.05) is 26.2 Å². The van der Waals surface area contributed by atoms with Gasteiger partial charge in [-0.15, -0.1) is 0 Å². The van der Waals surface area contributed by atoms with E-state index in [1.54, 1.807) is 0 Å². The van der Waals surface area contributed by atoms with Gasteiger partial charge >= 0.3 is 0 Å². The number of carbonyl (C=O) groups excluding carboxylic acids is 1. The normalized spacial score (nSPS) is 29.2. The van der Waals surface area contributed by atoms with Gasteiger partial charge in [0.1, 0.15) is 0 Å². The van der Waals surface area contributed by atoms with Crippen molar-refractivity contribution < 1.29 is 4.79 Å². The van der Waals surface area contributed by atoms with Crippen LogP contribution in [0.1, 0.15) is 58.3 Å². The van der Waals surface area contributed by atoms with E-state index in [1.807, 2.05) is 11.9 Å². The van der Waals surface area contributed by atoms with E-state index < -0.39 is 0 Å². The van der Waals surface area contributed by atoms with Crippen molar-refractivity contribution >= 4 is 5.91 Å². The molecule has 3 nitrogen and oxygen atoms in total. The Balaban J connectivity index is 1.74. The fourth-order valence-electron chi connectivity index (χ4n) is 3.59. The highest BCUT2D eigenvalue weighted by atomic mass is 16.2. The van der Waals surface area contributed by atoms with Crippen molar-refractivity contribution in [3.63, 3.8) is 0 Å². The van der Waals surface area contributed by atoms with Crippen LogP contribution in [0.2, 0.25) is 0 Å². The maximum atomic E-state index is 12.3. The molecule has 2 unspecified atom stereocenters. The molecule has 0 aromatic heterocycles. The smallest absolute Gasteiger partial charge is 0.223 e. The Morgan fingerprint density at radius 3 is 2.58 bits per heavy atom. The molecule has 1 saturated heterocycles. The molecule has 1 saturated carbocycles. The van der Waals surface area contributed by atoms with E-state index in [9.17, 15) is 4.79 Å². The molecule has 0 aromatic carbocycles. The van der Waals surface area contributed by atoms with Crippen molar-refractivity contribution in [1.29, 1.82) is 0 Å². The van der Waals surface area contributed by atoms with Gasteiger partial charge in [0, 0.05) is 26.1 Å². The van der Waals surface area contributed by atoms with E-state index in [0.29, 0.717) is 24.3 Å². The minimum Gasteiger partial charge on any atom is -0.345 e. The molecule has 2 aliphatic rings. The molecule has 1 N–H and O–H groups in total. The minimum absolute atomic E-state index is 0.330. The molecule has 1 amide bonds. The van der Waals surface area contributed by atoms with E-state index in [4.69, 9.17) is 0 Å². The van der Waals surface area contributed by atoms with Crippen molar-refractivity contribution in [2.24, 2.45) is 11.8 Å². The van der Waals surface area contributed by atoms with Crippen molar-refractivity contribution in [2.75, 3.05) is 20.1 Å². The summed E-state index contributed by atoms with van der Waals surface area (Å²) < 4.78 is 0. The molecule has 110 valence electrons. The van der Waals surface area contributed by atoms with Crippen LogP contribution in [0.3, 0.4) is 0 Å². The van der Waals surface area contributed by atoms with Crippen LogP contribution in [0.5, 0.6) is 0 Å². The van der Waals surface area contributed by atoms with Crippen LogP contribution in [0.15, 0.2) is 0 Å². The van der Waals surface area contributed by atoms with Crippen LogP contribution in [0.25, 0.3) is 0 Å². The largest absolute Gasteiger partial charge is 0.345 e. The summed E-state index contributed by atoms with van der Waals surface area (Å²) in [5, 5.41) is 3.51. The lowest BCUT2D eigenvalue weighted by Crippen LogP contribution is -2.44. The molecular formula is C16H30N2O. The molecule has 2 fully saturated rings. The number of hydrogen-bond donors (Lipinski definition) is 1. The number of nitrogens with zero attached hydrogens (tertiary/aromatic N) is 1. The van der Waals surface area contributed by atoms with Crippen molar-refractivity contribution in [1.82, 2.24) is 10.2 Å². The topological polar surface area (TPSA) is 32.3 Å². The first kappa shape index (κ1) is 14.8. The molecule has 3 heteroatoms. The Labute approximate surface area is 118 Å². The molecule has 1 aliphatic carbocycles. The molecule has 2 rings (SSSR count). The number of hydrogen-bond acceptors (Lipinski definition) is 2. The SMILES string of the molecule is CC1CCCNC1CC(=O)N(C)CC1CCCCC1. The molecule has 0 spiro atoms.